The Kier molecular flexibility index (Phi) is 4.71. The van der Waals surface area contributed by atoms with Gasteiger partial charge in [0.2, 0.25) is 0 Å². The average molecular weight is 306 g/mol. The first-order valence-corrected chi connectivity index (χ1v) is 7.31. The van der Waals surface area contributed by atoms with Gasteiger partial charge in [0.15, 0.2) is 0 Å². The maximum absolute atomic E-state index is 12.1. The number of carbonyl (C=O) groups excluding carboxylic acids is 1. The van der Waals surface area contributed by atoms with Crippen molar-refractivity contribution in [2.45, 2.75) is 32.4 Å². The van der Waals surface area contributed by atoms with Crippen molar-refractivity contribution in [3.8, 4) is 0 Å². The molecule has 1 saturated heterocycles. The lowest BCUT2D eigenvalue weighted by molar-refractivity contribution is 0.0195. The summed E-state index contributed by atoms with van der Waals surface area (Å²) in [6, 6.07) is 6.68. The molecule has 22 heavy (non-hydrogen) atoms. The van der Waals surface area contributed by atoms with E-state index < -0.39 is 11.6 Å². The molecule has 2 N–H and O–H groups in total. The van der Waals surface area contributed by atoms with Gasteiger partial charge in [0.1, 0.15) is 5.60 Å². The monoisotopic (exact) mass is 306 g/mol. The Labute approximate surface area is 130 Å². The molecule has 0 spiro atoms. The van der Waals surface area contributed by atoms with E-state index in [1.165, 1.54) is 0 Å². The minimum Gasteiger partial charge on any atom is -0.478 e. The fourth-order valence-corrected chi connectivity index (χ4v) is 2.32. The van der Waals surface area contributed by atoms with Crippen LogP contribution in [0.1, 0.15) is 42.7 Å². The highest BCUT2D eigenvalue weighted by atomic mass is 16.6. The highest BCUT2D eigenvalue weighted by molar-refractivity contribution is 5.87. The lowest BCUT2D eigenvalue weighted by Crippen LogP contribution is -2.49. The molecule has 1 aliphatic heterocycles. The van der Waals surface area contributed by atoms with E-state index in [0.717, 1.165) is 5.56 Å². The number of ether oxygens (including phenoxy) is 1. The number of amides is 1. The van der Waals surface area contributed by atoms with Gasteiger partial charge >= 0.3 is 12.1 Å². The summed E-state index contributed by atoms with van der Waals surface area (Å²) in [7, 11) is 0. The van der Waals surface area contributed by atoms with E-state index in [-0.39, 0.29) is 17.7 Å². The Morgan fingerprint density at radius 3 is 2.45 bits per heavy atom. The molecular formula is C16H22N2O4. The molecule has 6 heteroatoms. The van der Waals surface area contributed by atoms with E-state index in [2.05, 4.69) is 5.32 Å². The number of nitrogens with one attached hydrogen (secondary N) is 1. The van der Waals surface area contributed by atoms with Crippen LogP contribution in [0.4, 0.5) is 4.79 Å². The van der Waals surface area contributed by atoms with Crippen molar-refractivity contribution in [1.29, 1.82) is 0 Å². The molecule has 1 aliphatic rings. The molecule has 0 aromatic heterocycles. The number of carboxylic acids is 1. The zero-order valence-electron chi connectivity index (χ0n) is 13.1. The van der Waals surface area contributed by atoms with Gasteiger partial charge in [0.05, 0.1) is 11.6 Å². The lowest BCUT2D eigenvalue weighted by Gasteiger charge is -2.35. The predicted molar refractivity (Wildman–Crippen MR) is 82.0 cm³/mol. The van der Waals surface area contributed by atoms with Crippen molar-refractivity contribution in [3.05, 3.63) is 35.4 Å². The number of hydrogen-bond donors (Lipinski definition) is 2. The van der Waals surface area contributed by atoms with E-state index in [0.29, 0.717) is 19.6 Å². The average Bonchev–Trinajstić information content (AvgIpc) is 2.46. The van der Waals surface area contributed by atoms with Gasteiger partial charge in [-0.1, -0.05) is 12.1 Å². The molecule has 1 aromatic carbocycles. The number of nitrogens with zero attached hydrogens (tertiary/aromatic N) is 1. The Bertz CT molecular complexity index is 548. The van der Waals surface area contributed by atoms with Crippen LogP contribution in [0.15, 0.2) is 24.3 Å². The molecule has 120 valence electrons. The number of aromatic carboxylic acids is 1. The number of rotatable bonds is 2. The minimum absolute atomic E-state index is 0.0240. The van der Waals surface area contributed by atoms with Crippen molar-refractivity contribution >= 4 is 12.1 Å². The van der Waals surface area contributed by atoms with Crippen LogP contribution in [0.3, 0.4) is 0 Å². The standard InChI is InChI=1S/C16H22N2O4/c1-16(2,3)22-15(21)18-9-8-17-13(10-18)11-4-6-12(7-5-11)14(19)20/h4-7,13,17H,8-10H2,1-3H3,(H,19,20)/t13-/m0/s1. The Balaban J connectivity index is 2.04. The molecular weight excluding hydrogens is 284 g/mol. The van der Waals surface area contributed by atoms with Crippen molar-refractivity contribution in [3.63, 3.8) is 0 Å². The number of piperazine rings is 1. The minimum atomic E-state index is -0.946. The van der Waals surface area contributed by atoms with Gasteiger partial charge < -0.3 is 20.1 Å². The van der Waals surface area contributed by atoms with Crippen LogP contribution in [0.5, 0.6) is 0 Å². The fourth-order valence-electron chi connectivity index (χ4n) is 2.32. The largest absolute Gasteiger partial charge is 0.478 e. The van der Waals surface area contributed by atoms with E-state index >= 15 is 0 Å². The highest BCUT2D eigenvalue weighted by Gasteiger charge is 2.28. The Hall–Kier alpha value is -2.08. The molecule has 0 unspecified atom stereocenters. The zero-order valence-corrected chi connectivity index (χ0v) is 13.1. The normalized spacial score (nSPS) is 18.9. The first kappa shape index (κ1) is 16.3. The summed E-state index contributed by atoms with van der Waals surface area (Å²) in [5.41, 5.74) is 0.697. The second-order valence-corrected chi connectivity index (χ2v) is 6.36. The van der Waals surface area contributed by atoms with Crippen LogP contribution in [0.2, 0.25) is 0 Å². The van der Waals surface area contributed by atoms with Crippen molar-refractivity contribution in [2.24, 2.45) is 0 Å². The quantitative estimate of drug-likeness (QED) is 0.876. The maximum atomic E-state index is 12.1. The van der Waals surface area contributed by atoms with Crippen LogP contribution in [0, 0.1) is 0 Å². The third-order valence-electron chi connectivity index (χ3n) is 3.39. The zero-order chi connectivity index (χ0) is 16.3. The number of carboxylic acid groups (broad SMARTS) is 1. The molecule has 0 bridgehead atoms. The first-order chi connectivity index (χ1) is 10.3. The van der Waals surface area contributed by atoms with Gasteiger partial charge in [-0.3, -0.25) is 0 Å². The highest BCUT2D eigenvalue weighted by Crippen LogP contribution is 2.20. The van der Waals surface area contributed by atoms with Gasteiger partial charge in [-0.15, -0.1) is 0 Å². The van der Waals surface area contributed by atoms with E-state index in [1.54, 1.807) is 29.2 Å². The van der Waals surface area contributed by atoms with E-state index in [4.69, 9.17) is 9.84 Å². The van der Waals surface area contributed by atoms with Gasteiger partial charge in [-0.05, 0) is 38.5 Å². The molecule has 1 amide bonds. The van der Waals surface area contributed by atoms with Gasteiger partial charge in [0, 0.05) is 19.6 Å². The molecule has 2 rings (SSSR count). The molecule has 1 atom stereocenters. The summed E-state index contributed by atoms with van der Waals surface area (Å²) in [6.45, 7) is 7.30. The summed E-state index contributed by atoms with van der Waals surface area (Å²) < 4.78 is 5.39. The topological polar surface area (TPSA) is 78.9 Å². The number of hydrogen-bond acceptors (Lipinski definition) is 4. The SMILES string of the molecule is CC(C)(C)OC(=O)N1CCN[C@H](c2ccc(C(=O)O)cc2)C1. The van der Waals surface area contributed by atoms with Crippen LogP contribution >= 0.6 is 0 Å². The fraction of sp³-hybridized carbons (Fsp3) is 0.500. The second-order valence-electron chi connectivity index (χ2n) is 6.36. The molecule has 6 nitrogen and oxygen atoms in total. The third kappa shape index (κ3) is 4.21. The molecule has 1 aromatic rings. The molecule has 1 fully saturated rings. The third-order valence-corrected chi connectivity index (χ3v) is 3.39. The number of benzene rings is 1. The summed E-state index contributed by atoms with van der Waals surface area (Å²) in [6.07, 6.45) is -0.318. The van der Waals surface area contributed by atoms with Gasteiger partial charge in [-0.25, -0.2) is 9.59 Å². The van der Waals surface area contributed by atoms with Gasteiger partial charge in [0.25, 0.3) is 0 Å². The lowest BCUT2D eigenvalue weighted by atomic mass is 10.0. The molecule has 0 radical (unpaired) electrons. The first-order valence-electron chi connectivity index (χ1n) is 7.31. The predicted octanol–water partition coefficient (Wildman–Crippen LogP) is 2.27. The van der Waals surface area contributed by atoms with E-state index in [9.17, 15) is 9.59 Å². The summed E-state index contributed by atoms with van der Waals surface area (Å²) in [5.74, 6) is -0.946. The summed E-state index contributed by atoms with van der Waals surface area (Å²) >= 11 is 0. The van der Waals surface area contributed by atoms with Crippen LogP contribution < -0.4 is 5.32 Å². The van der Waals surface area contributed by atoms with Crippen LogP contribution in [-0.4, -0.2) is 47.3 Å². The maximum Gasteiger partial charge on any atom is 0.410 e. The summed E-state index contributed by atoms with van der Waals surface area (Å²) in [5, 5.41) is 12.3. The Morgan fingerprint density at radius 2 is 1.91 bits per heavy atom. The molecule has 1 heterocycles. The van der Waals surface area contributed by atoms with Crippen molar-refractivity contribution in [1.82, 2.24) is 10.2 Å². The van der Waals surface area contributed by atoms with Crippen molar-refractivity contribution < 1.29 is 19.4 Å². The summed E-state index contributed by atoms with van der Waals surface area (Å²) in [4.78, 5) is 24.7. The van der Waals surface area contributed by atoms with Crippen LogP contribution in [-0.2, 0) is 4.74 Å². The van der Waals surface area contributed by atoms with Crippen molar-refractivity contribution in [2.75, 3.05) is 19.6 Å². The Morgan fingerprint density at radius 1 is 1.27 bits per heavy atom. The second kappa shape index (κ2) is 6.36. The molecule has 0 aliphatic carbocycles. The number of carbonyl (C=O) groups is 2. The van der Waals surface area contributed by atoms with Gasteiger partial charge in [-0.2, -0.15) is 0 Å². The smallest absolute Gasteiger partial charge is 0.410 e. The molecule has 0 saturated carbocycles. The van der Waals surface area contributed by atoms with E-state index in [1.807, 2.05) is 20.8 Å². The van der Waals surface area contributed by atoms with Crippen LogP contribution in [0.25, 0.3) is 0 Å².